The highest BCUT2D eigenvalue weighted by Gasteiger charge is 2.17. The molecule has 0 fully saturated rings. The molecule has 0 aromatic rings. The lowest BCUT2D eigenvalue weighted by molar-refractivity contribution is -0.125. The third kappa shape index (κ3) is 7.33. The van der Waals surface area contributed by atoms with Gasteiger partial charge in [-0.2, -0.15) is 0 Å². The normalized spacial score (nSPS) is 11.4. The summed E-state index contributed by atoms with van der Waals surface area (Å²) in [6.45, 7) is 7.59. The van der Waals surface area contributed by atoms with Crippen LogP contribution in [-0.4, -0.2) is 31.0 Å². The van der Waals surface area contributed by atoms with E-state index in [1.165, 1.54) is 0 Å². The molecule has 0 saturated carbocycles. The zero-order chi connectivity index (χ0) is 11.0. The molecule has 0 radical (unpaired) electrons. The summed E-state index contributed by atoms with van der Waals surface area (Å²) in [4.78, 5) is 11.2. The number of rotatable bonds is 7. The van der Waals surface area contributed by atoms with Gasteiger partial charge in [0.2, 0.25) is 5.91 Å². The van der Waals surface area contributed by atoms with Crippen LogP contribution in [0.3, 0.4) is 0 Å². The Labute approximate surface area is 94.7 Å². The Hall–Kier alpha value is -0.0900. The fourth-order valence-corrected chi connectivity index (χ4v) is 2.00. The Kier molecular flexibility index (Phi) is 7.19. The molecule has 0 aliphatic rings. The molecule has 0 heterocycles. The van der Waals surface area contributed by atoms with Crippen LogP contribution >= 0.6 is 15.9 Å². The van der Waals surface area contributed by atoms with Gasteiger partial charge in [-0.1, -0.05) is 29.8 Å². The number of hydrogen-bond acceptors (Lipinski definition) is 2. The quantitative estimate of drug-likeness (QED) is 0.715. The van der Waals surface area contributed by atoms with Crippen LogP contribution < -0.4 is 5.32 Å². The lowest BCUT2D eigenvalue weighted by Crippen LogP contribution is -2.36. The van der Waals surface area contributed by atoms with Crippen LogP contribution in [0.2, 0.25) is 0 Å². The molecule has 0 spiro atoms. The zero-order valence-corrected chi connectivity index (χ0v) is 10.8. The Morgan fingerprint density at radius 3 is 2.64 bits per heavy atom. The van der Waals surface area contributed by atoms with E-state index < -0.39 is 0 Å². The Bertz CT molecular complexity index is 172. The zero-order valence-electron chi connectivity index (χ0n) is 9.23. The van der Waals surface area contributed by atoms with E-state index in [2.05, 4.69) is 35.1 Å². The van der Waals surface area contributed by atoms with E-state index in [-0.39, 0.29) is 17.9 Å². The van der Waals surface area contributed by atoms with Gasteiger partial charge in [-0.25, -0.2) is 0 Å². The van der Waals surface area contributed by atoms with E-state index in [9.17, 15) is 4.79 Å². The standard InChI is InChI=1S/C10H20BrNO2/c1-4-14-7-9(13)12-8-10(2,3)5-6-11/h4-8H2,1-3H3,(H,12,13). The summed E-state index contributed by atoms with van der Waals surface area (Å²) in [5.74, 6) is -0.0329. The molecule has 4 heteroatoms. The van der Waals surface area contributed by atoms with Gasteiger partial charge in [0, 0.05) is 18.5 Å². The van der Waals surface area contributed by atoms with Gasteiger partial charge in [0.05, 0.1) is 0 Å². The molecule has 0 saturated heterocycles. The van der Waals surface area contributed by atoms with Crippen molar-refractivity contribution in [3.63, 3.8) is 0 Å². The fourth-order valence-electron chi connectivity index (χ4n) is 0.928. The van der Waals surface area contributed by atoms with Gasteiger partial charge in [0.1, 0.15) is 6.61 Å². The average Bonchev–Trinajstić information content (AvgIpc) is 2.11. The number of carbonyl (C=O) groups is 1. The number of amides is 1. The predicted octanol–water partition coefficient (Wildman–Crippen LogP) is 1.95. The minimum Gasteiger partial charge on any atom is -0.372 e. The lowest BCUT2D eigenvalue weighted by Gasteiger charge is -2.23. The first kappa shape index (κ1) is 13.9. The first-order valence-corrected chi connectivity index (χ1v) is 6.04. The van der Waals surface area contributed by atoms with E-state index >= 15 is 0 Å². The van der Waals surface area contributed by atoms with Gasteiger partial charge in [-0.05, 0) is 18.8 Å². The molecular weight excluding hydrogens is 246 g/mol. The van der Waals surface area contributed by atoms with Gasteiger partial charge >= 0.3 is 0 Å². The van der Waals surface area contributed by atoms with Crippen molar-refractivity contribution in [2.24, 2.45) is 5.41 Å². The van der Waals surface area contributed by atoms with Crippen molar-refractivity contribution >= 4 is 21.8 Å². The Balaban J connectivity index is 3.64. The second-order valence-corrected chi connectivity index (χ2v) is 4.81. The van der Waals surface area contributed by atoms with Crippen LogP contribution in [0.25, 0.3) is 0 Å². The lowest BCUT2D eigenvalue weighted by atomic mass is 9.90. The van der Waals surface area contributed by atoms with E-state index in [1.54, 1.807) is 0 Å². The Morgan fingerprint density at radius 2 is 2.14 bits per heavy atom. The number of hydrogen-bond donors (Lipinski definition) is 1. The molecule has 84 valence electrons. The van der Waals surface area contributed by atoms with Gasteiger partial charge in [-0.3, -0.25) is 4.79 Å². The topological polar surface area (TPSA) is 38.3 Å². The third-order valence-electron chi connectivity index (χ3n) is 1.97. The predicted molar refractivity (Wildman–Crippen MR) is 61.7 cm³/mol. The van der Waals surface area contributed by atoms with E-state index in [1.807, 2.05) is 6.92 Å². The summed E-state index contributed by atoms with van der Waals surface area (Å²) in [5, 5.41) is 3.82. The average molecular weight is 266 g/mol. The molecule has 1 N–H and O–H groups in total. The summed E-state index contributed by atoms with van der Waals surface area (Å²) in [6, 6.07) is 0. The summed E-state index contributed by atoms with van der Waals surface area (Å²) in [5.41, 5.74) is 0.144. The molecule has 0 bridgehead atoms. The maximum atomic E-state index is 11.2. The highest BCUT2D eigenvalue weighted by atomic mass is 79.9. The summed E-state index contributed by atoms with van der Waals surface area (Å²) >= 11 is 3.40. The van der Waals surface area contributed by atoms with Crippen molar-refractivity contribution in [3.05, 3.63) is 0 Å². The van der Waals surface area contributed by atoms with E-state index in [0.29, 0.717) is 13.2 Å². The van der Waals surface area contributed by atoms with Crippen molar-refractivity contribution in [3.8, 4) is 0 Å². The molecule has 0 aliphatic heterocycles. The fraction of sp³-hybridized carbons (Fsp3) is 0.900. The van der Waals surface area contributed by atoms with Crippen LogP contribution in [-0.2, 0) is 9.53 Å². The monoisotopic (exact) mass is 265 g/mol. The molecule has 3 nitrogen and oxygen atoms in total. The van der Waals surface area contributed by atoms with Crippen molar-refractivity contribution < 1.29 is 9.53 Å². The molecular formula is C10H20BrNO2. The molecule has 14 heavy (non-hydrogen) atoms. The smallest absolute Gasteiger partial charge is 0.246 e. The molecule has 0 atom stereocenters. The molecule has 0 rings (SSSR count). The number of ether oxygens (including phenoxy) is 1. The van der Waals surface area contributed by atoms with Crippen LogP contribution in [0.4, 0.5) is 0 Å². The second kappa shape index (κ2) is 7.23. The summed E-state index contributed by atoms with van der Waals surface area (Å²) < 4.78 is 5.00. The SMILES string of the molecule is CCOCC(=O)NCC(C)(C)CCBr. The van der Waals surface area contributed by atoms with Crippen molar-refractivity contribution in [1.29, 1.82) is 0 Å². The molecule has 0 aliphatic carbocycles. The van der Waals surface area contributed by atoms with Crippen molar-refractivity contribution in [1.82, 2.24) is 5.32 Å². The highest BCUT2D eigenvalue weighted by molar-refractivity contribution is 9.09. The van der Waals surface area contributed by atoms with Gasteiger partial charge in [0.15, 0.2) is 0 Å². The third-order valence-corrected chi connectivity index (χ3v) is 2.37. The van der Waals surface area contributed by atoms with Crippen LogP contribution in [0, 0.1) is 5.41 Å². The first-order valence-electron chi connectivity index (χ1n) is 4.92. The highest BCUT2D eigenvalue weighted by Crippen LogP contribution is 2.19. The van der Waals surface area contributed by atoms with Gasteiger partial charge in [-0.15, -0.1) is 0 Å². The van der Waals surface area contributed by atoms with Crippen LogP contribution in [0.5, 0.6) is 0 Å². The maximum Gasteiger partial charge on any atom is 0.246 e. The van der Waals surface area contributed by atoms with Crippen molar-refractivity contribution in [2.45, 2.75) is 27.2 Å². The van der Waals surface area contributed by atoms with Gasteiger partial charge < -0.3 is 10.1 Å². The number of alkyl halides is 1. The first-order chi connectivity index (χ1) is 6.52. The van der Waals surface area contributed by atoms with E-state index in [0.717, 1.165) is 11.8 Å². The number of halogens is 1. The summed E-state index contributed by atoms with van der Waals surface area (Å²) in [7, 11) is 0. The molecule has 0 unspecified atom stereocenters. The molecule has 1 amide bonds. The minimum absolute atomic E-state index is 0.0329. The largest absolute Gasteiger partial charge is 0.372 e. The van der Waals surface area contributed by atoms with E-state index in [4.69, 9.17) is 4.74 Å². The van der Waals surface area contributed by atoms with Crippen LogP contribution in [0.15, 0.2) is 0 Å². The molecule has 0 aromatic heterocycles. The minimum atomic E-state index is -0.0329. The van der Waals surface area contributed by atoms with Gasteiger partial charge in [0.25, 0.3) is 0 Å². The number of nitrogens with one attached hydrogen (secondary N) is 1. The maximum absolute atomic E-state index is 11.2. The molecule has 0 aromatic carbocycles. The van der Waals surface area contributed by atoms with Crippen molar-refractivity contribution in [2.75, 3.05) is 25.1 Å². The second-order valence-electron chi connectivity index (χ2n) is 4.02. The summed E-state index contributed by atoms with van der Waals surface area (Å²) in [6.07, 6.45) is 1.04. The number of carbonyl (C=O) groups excluding carboxylic acids is 1. The van der Waals surface area contributed by atoms with Crippen LogP contribution in [0.1, 0.15) is 27.2 Å². The Morgan fingerprint density at radius 1 is 1.50 bits per heavy atom.